The molecule has 1 amide bonds. The van der Waals surface area contributed by atoms with Gasteiger partial charge in [-0.2, -0.15) is 9.61 Å². The fraction of sp³-hybridized carbons (Fsp3) is 0.182. The maximum Gasteiger partial charge on any atom is 0.234 e. The van der Waals surface area contributed by atoms with Gasteiger partial charge in [-0.25, -0.2) is 0 Å². The molecule has 0 aliphatic rings. The summed E-state index contributed by atoms with van der Waals surface area (Å²) in [5.74, 6) is 1.90. The molecule has 32 heavy (non-hydrogen) atoms. The number of methoxy groups -OCH3 is 3. The Morgan fingerprint density at radius 2 is 1.81 bits per heavy atom. The minimum absolute atomic E-state index is 0.153. The van der Waals surface area contributed by atoms with Crippen LogP contribution in [0.15, 0.2) is 59.8 Å². The molecular formula is C22H21N5O4S. The second-order valence-corrected chi connectivity index (χ2v) is 7.55. The monoisotopic (exact) mass is 451 g/mol. The fourth-order valence-corrected chi connectivity index (χ4v) is 3.72. The van der Waals surface area contributed by atoms with Crippen molar-refractivity contribution in [3.8, 4) is 28.5 Å². The normalized spacial score (nSPS) is 10.7. The number of nitrogens with zero attached hydrogens (tertiary/aromatic N) is 4. The Labute approximate surface area is 188 Å². The van der Waals surface area contributed by atoms with E-state index in [0.717, 1.165) is 5.56 Å². The van der Waals surface area contributed by atoms with Gasteiger partial charge in [0.05, 0.1) is 32.8 Å². The Hall–Kier alpha value is -3.79. The second-order valence-electron chi connectivity index (χ2n) is 6.61. The number of carbonyl (C=O) groups excluding carboxylic acids is 1. The highest BCUT2D eigenvalue weighted by atomic mass is 32.2. The lowest BCUT2D eigenvalue weighted by Crippen LogP contribution is -2.14. The van der Waals surface area contributed by atoms with E-state index in [2.05, 4.69) is 20.6 Å². The van der Waals surface area contributed by atoms with Gasteiger partial charge in [0.2, 0.25) is 11.1 Å². The van der Waals surface area contributed by atoms with Gasteiger partial charge >= 0.3 is 0 Å². The third kappa shape index (κ3) is 4.59. The molecule has 0 saturated carbocycles. The van der Waals surface area contributed by atoms with Crippen molar-refractivity contribution in [2.45, 2.75) is 5.16 Å². The standard InChI is InChI=1S/C22H21N5O4S/c1-29-16-6-4-5-15(12-16)23-21(28)13-32-22-25-24-20-10-8-17(26-27(20)22)14-7-9-18(30-2)19(11-14)31-3/h4-12H,13H2,1-3H3,(H,23,28). The summed E-state index contributed by atoms with van der Waals surface area (Å²) in [7, 11) is 4.76. The first-order valence-corrected chi connectivity index (χ1v) is 10.6. The lowest BCUT2D eigenvalue weighted by molar-refractivity contribution is -0.113. The van der Waals surface area contributed by atoms with E-state index in [9.17, 15) is 4.79 Å². The lowest BCUT2D eigenvalue weighted by atomic mass is 10.1. The predicted octanol–water partition coefficient (Wildman–Crippen LogP) is 3.55. The van der Waals surface area contributed by atoms with Crippen molar-refractivity contribution in [3.63, 3.8) is 0 Å². The summed E-state index contributed by atoms with van der Waals surface area (Å²) >= 11 is 1.25. The summed E-state index contributed by atoms with van der Waals surface area (Å²) in [6.45, 7) is 0. The number of carbonyl (C=O) groups is 1. The quantitative estimate of drug-likeness (QED) is 0.406. The lowest BCUT2D eigenvalue weighted by Gasteiger charge is -2.09. The molecular weight excluding hydrogens is 430 g/mol. The minimum atomic E-state index is -0.170. The van der Waals surface area contributed by atoms with E-state index in [1.807, 2.05) is 42.5 Å². The van der Waals surface area contributed by atoms with Gasteiger partial charge < -0.3 is 19.5 Å². The van der Waals surface area contributed by atoms with Crippen LogP contribution in [-0.2, 0) is 4.79 Å². The Kier molecular flexibility index (Phi) is 6.41. The number of ether oxygens (including phenoxy) is 3. The van der Waals surface area contributed by atoms with Crippen LogP contribution >= 0.6 is 11.8 Å². The third-order valence-electron chi connectivity index (χ3n) is 4.60. The number of nitrogens with one attached hydrogen (secondary N) is 1. The Morgan fingerprint density at radius 3 is 2.59 bits per heavy atom. The summed E-state index contributed by atoms with van der Waals surface area (Å²) in [6.07, 6.45) is 0. The van der Waals surface area contributed by atoms with E-state index < -0.39 is 0 Å². The van der Waals surface area contributed by atoms with Crippen molar-refractivity contribution in [1.29, 1.82) is 0 Å². The van der Waals surface area contributed by atoms with Gasteiger partial charge in [0, 0.05) is 17.3 Å². The maximum absolute atomic E-state index is 12.4. The molecule has 2 heterocycles. The molecule has 1 N–H and O–H groups in total. The van der Waals surface area contributed by atoms with Crippen LogP contribution in [0.2, 0.25) is 0 Å². The predicted molar refractivity (Wildman–Crippen MR) is 122 cm³/mol. The molecule has 9 nitrogen and oxygen atoms in total. The van der Waals surface area contributed by atoms with Gasteiger partial charge in [-0.15, -0.1) is 10.2 Å². The average Bonchev–Trinajstić information content (AvgIpc) is 3.24. The number of fused-ring (bicyclic) bond motifs is 1. The molecule has 2 aromatic carbocycles. The molecule has 0 saturated heterocycles. The minimum Gasteiger partial charge on any atom is -0.497 e. The molecule has 2 aromatic heterocycles. The van der Waals surface area contributed by atoms with Crippen LogP contribution in [0.5, 0.6) is 17.2 Å². The first kappa shape index (κ1) is 21.4. The molecule has 0 aliphatic heterocycles. The van der Waals surface area contributed by atoms with Gasteiger partial charge in [0.25, 0.3) is 0 Å². The molecule has 0 bridgehead atoms. The van der Waals surface area contributed by atoms with Crippen LogP contribution in [0.25, 0.3) is 16.9 Å². The molecule has 0 atom stereocenters. The Morgan fingerprint density at radius 1 is 0.969 bits per heavy atom. The SMILES string of the molecule is COc1cccc(NC(=O)CSc2nnc3ccc(-c4ccc(OC)c(OC)c4)nn23)c1. The van der Waals surface area contributed by atoms with E-state index in [1.54, 1.807) is 38.0 Å². The summed E-state index contributed by atoms with van der Waals surface area (Å²) in [5, 5.41) is 16.3. The van der Waals surface area contributed by atoms with Crippen LogP contribution < -0.4 is 19.5 Å². The second kappa shape index (κ2) is 9.56. The Balaban J connectivity index is 1.51. The van der Waals surface area contributed by atoms with Gasteiger partial charge in [-0.3, -0.25) is 4.79 Å². The van der Waals surface area contributed by atoms with Crippen molar-refractivity contribution >= 4 is 29.0 Å². The zero-order valence-electron chi connectivity index (χ0n) is 17.7. The Bertz CT molecular complexity index is 1260. The number of amides is 1. The van der Waals surface area contributed by atoms with E-state index >= 15 is 0 Å². The molecule has 0 fully saturated rings. The zero-order valence-corrected chi connectivity index (χ0v) is 18.5. The highest BCUT2D eigenvalue weighted by Gasteiger charge is 2.13. The van der Waals surface area contributed by atoms with Crippen LogP contribution in [0.3, 0.4) is 0 Å². The molecule has 0 radical (unpaired) electrons. The first-order valence-electron chi connectivity index (χ1n) is 9.63. The molecule has 0 unspecified atom stereocenters. The van der Waals surface area contributed by atoms with E-state index in [0.29, 0.717) is 39.4 Å². The number of benzene rings is 2. The number of hydrogen-bond donors (Lipinski definition) is 1. The average molecular weight is 452 g/mol. The number of rotatable bonds is 8. The van der Waals surface area contributed by atoms with Crippen molar-refractivity contribution in [1.82, 2.24) is 19.8 Å². The molecule has 10 heteroatoms. The van der Waals surface area contributed by atoms with E-state index in [1.165, 1.54) is 11.8 Å². The summed E-state index contributed by atoms with van der Waals surface area (Å²) in [4.78, 5) is 12.4. The summed E-state index contributed by atoms with van der Waals surface area (Å²) < 4.78 is 17.5. The maximum atomic E-state index is 12.4. The van der Waals surface area contributed by atoms with Gasteiger partial charge in [-0.1, -0.05) is 17.8 Å². The number of hydrogen-bond acceptors (Lipinski definition) is 8. The number of anilines is 1. The molecule has 164 valence electrons. The fourth-order valence-electron chi connectivity index (χ4n) is 3.04. The van der Waals surface area contributed by atoms with Crippen LogP contribution in [-0.4, -0.2) is 52.8 Å². The first-order chi connectivity index (χ1) is 15.6. The summed E-state index contributed by atoms with van der Waals surface area (Å²) in [5.41, 5.74) is 2.81. The van der Waals surface area contributed by atoms with Crippen molar-refractivity contribution in [2.75, 3.05) is 32.4 Å². The molecule has 0 spiro atoms. The van der Waals surface area contributed by atoms with Gasteiger partial charge in [-0.05, 0) is 42.5 Å². The molecule has 4 aromatic rings. The van der Waals surface area contributed by atoms with Crippen LogP contribution in [0, 0.1) is 0 Å². The molecule has 0 aliphatic carbocycles. The zero-order chi connectivity index (χ0) is 22.5. The van der Waals surface area contributed by atoms with Gasteiger partial charge in [0.1, 0.15) is 5.75 Å². The van der Waals surface area contributed by atoms with E-state index in [4.69, 9.17) is 14.2 Å². The van der Waals surface area contributed by atoms with Crippen LogP contribution in [0.1, 0.15) is 0 Å². The van der Waals surface area contributed by atoms with Crippen molar-refractivity contribution in [2.24, 2.45) is 0 Å². The summed E-state index contributed by atoms with van der Waals surface area (Å²) in [6, 6.07) is 16.4. The van der Waals surface area contributed by atoms with Crippen molar-refractivity contribution in [3.05, 3.63) is 54.6 Å². The molecule has 4 rings (SSSR count). The van der Waals surface area contributed by atoms with Crippen LogP contribution in [0.4, 0.5) is 5.69 Å². The third-order valence-corrected chi connectivity index (χ3v) is 5.52. The number of aromatic nitrogens is 4. The highest BCUT2D eigenvalue weighted by Crippen LogP contribution is 2.31. The van der Waals surface area contributed by atoms with Crippen molar-refractivity contribution < 1.29 is 19.0 Å². The van der Waals surface area contributed by atoms with E-state index in [-0.39, 0.29) is 11.7 Å². The highest BCUT2D eigenvalue weighted by molar-refractivity contribution is 7.99. The largest absolute Gasteiger partial charge is 0.497 e. The topological polar surface area (TPSA) is 99.9 Å². The van der Waals surface area contributed by atoms with Gasteiger partial charge in [0.15, 0.2) is 17.1 Å². The smallest absolute Gasteiger partial charge is 0.234 e. The number of thioether (sulfide) groups is 1.